The molecule has 2 saturated heterocycles. The minimum atomic E-state index is 0.272. The van der Waals surface area contributed by atoms with E-state index in [1.807, 2.05) is 17.9 Å². The number of hydrogen-bond donors (Lipinski definition) is 0. The van der Waals surface area contributed by atoms with Crippen LogP contribution in [0.15, 0.2) is 12.1 Å². The van der Waals surface area contributed by atoms with Crippen LogP contribution in [0.4, 0.5) is 0 Å². The molecular formula is C17H24N4O. The first-order chi connectivity index (χ1) is 10.5. The van der Waals surface area contributed by atoms with Gasteiger partial charge in [0.15, 0.2) is 0 Å². The molecule has 0 bridgehead atoms. The van der Waals surface area contributed by atoms with Gasteiger partial charge in [-0.25, -0.2) is 0 Å². The Labute approximate surface area is 131 Å². The number of pyridine rings is 1. The number of rotatable bonds is 2. The predicted octanol–water partition coefficient (Wildman–Crippen LogP) is 0.522. The Morgan fingerprint density at radius 1 is 1.27 bits per heavy atom. The molecule has 5 heteroatoms. The highest BCUT2D eigenvalue weighted by molar-refractivity contribution is 5.78. The van der Waals surface area contributed by atoms with E-state index in [9.17, 15) is 4.79 Å². The van der Waals surface area contributed by atoms with Gasteiger partial charge in [-0.15, -0.1) is 0 Å². The summed E-state index contributed by atoms with van der Waals surface area (Å²) >= 11 is 0. The van der Waals surface area contributed by atoms with Gasteiger partial charge in [0, 0.05) is 62.5 Å². The van der Waals surface area contributed by atoms with Gasteiger partial charge in [0.1, 0.15) is 0 Å². The molecule has 1 aromatic rings. The summed E-state index contributed by atoms with van der Waals surface area (Å²) in [6.45, 7) is 8.71. The van der Waals surface area contributed by atoms with Crippen LogP contribution in [0.1, 0.15) is 17.0 Å². The lowest BCUT2D eigenvalue weighted by Crippen LogP contribution is -2.71. The van der Waals surface area contributed by atoms with Crippen molar-refractivity contribution in [1.29, 1.82) is 0 Å². The molecule has 1 aromatic heterocycles. The highest BCUT2D eigenvalue weighted by Gasteiger charge is 2.50. The lowest BCUT2D eigenvalue weighted by atomic mass is 9.73. The number of likely N-dealkylation sites (tertiary alicyclic amines) is 2. The van der Waals surface area contributed by atoms with Gasteiger partial charge in [-0.3, -0.25) is 14.7 Å². The molecule has 118 valence electrons. The van der Waals surface area contributed by atoms with Crippen LogP contribution in [-0.4, -0.2) is 71.9 Å². The maximum absolute atomic E-state index is 12.5. The van der Waals surface area contributed by atoms with Crippen LogP contribution < -0.4 is 0 Å². The number of aromatic nitrogens is 1. The highest BCUT2D eigenvalue weighted by Crippen LogP contribution is 2.38. The van der Waals surface area contributed by atoms with Gasteiger partial charge < -0.3 is 9.80 Å². The van der Waals surface area contributed by atoms with Crippen molar-refractivity contribution >= 4 is 5.91 Å². The minimum absolute atomic E-state index is 0.272. The average Bonchev–Trinajstić information content (AvgIpc) is 2.42. The lowest BCUT2D eigenvalue weighted by molar-refractivity contribution is -0.143. The third-order valence-electron chi connectivity index (χ3n) is 5.23. The quantitative estimate of drug-likeness (QED) is 0.798. The van der Waals surface area contributed by atoms with E-state index in [1.54, 1.807) is 0 Å². The molecule has 0 saturated carbocycles. The van der Waals surface area contributed by atoms with Crippen molar-refractivity contribution in [2.75, 3.05) is 46.3 Å². The third-order valence-corrected chi connectivity index (χ3v) is 5.23. The summed E-state index contributed by atoms with van der Waals surface area (Å²) in [5.41, 5.74) is 3.95. The van der Waals surface area contributed by atoms with Crippen molar-refractivity contribution in [2.45, 2.75) is 19.9 Å². The molecule has 1 spiro atoms. The van der Waals surface area contributed by atoms with Crippen LogP contribution in [-0.2, 0) is 17.8 Å². The smallest absolute Gasteiger partial charge is 0.237 e. The lowest BCUT2D eigenvalue weighted by Gasteiger charge is -2.59. The van der Waals surface area contributed by atoms with Crippen molar-refractivity contribution in [2.24, 2.45) is 5.41 Å². The second-order valence-electron chi connectivity index (χ2n) is 7.44. The van der Waals surface area contributed by atoms with Gasteiger partial charge >= 0.3 is 0 Å². The number of aryl methyl sites for hydroxylation is 1. The van der Waals surface area contributed by atoms with E-state index < -0.39 is 0 Å². The molecule has 0 radical (unpaired) electrons. The Morgan fingerprint density at radius 2 is 2.05 bits per heavy atom. The molecule has 1 amide bonds. The van der Waals surface area contributed by atoms with Gasteiger partial charge in [0.05, 0.1) is 6.54 Å². The van der Waals surface area contributed by atoms with E-state index in [0.717, 1.165) is 38.3 Å². The van der Waals surface area contributed by atoms with Gasteiger partial charge in [-0.2, -0.15) is 0 Å². The number of carbonyl (C=O) groups is 1. The SMILES string of the molecule is Cc1ccc2c(n1)CCN(C(=O)CN1CC3(CN(C)C3)C1)C2. The predicted molar refractivity (Wildman–Crippen MR) is 84.5 cm³/mol. The maximum Gasteiger partial charge on any atom is 0.237 e. The van der Waals surface area contributed by atoms with Crippen LogP contribution in [0, 0.1) is 12.3 Å². The van der Waals surface area contributed by atoms with Gasteiger partial charge in [-0.05, 0) is 25.6 Å². The summed E-state index contributed by atoms with van der Waals surface area (Å²) in [4.78, 5) is 23.8. The Morgan fingerprint density at radius 3 is 2.77 bits per heavy atom. The molecule has 0 unspecified atom stereocenters. The Kier molecular flexibility index (Phi) is 3.24. The first-order valence-electron chi connectivity index (χ1n) is 8.17. The second kappa shape index (κ2) is 5.03. The molecule has 2 fully saturated rings. The van der Waals surface area contributed by atoms with E-state index in [1.165, 1.54) is 24.3 Å². The molecule has 3 aliphatic rings. The molecule has 0 aliphatic carbocycles. The molecular weight excluding hydrogens is 276 g/mol. The number of carbonyl (C=O) groups excluding carboxylic acids is 1. The van der Waals surface area contributed by atoms with Crippen molar-refractivity contribution < 1.29 is 4.79 Å². The van der Waals surface area contributed by atoms with Crippen molar-refractivity contribution in [1.82, 2.24) is 19.7 Å². The maximum atomic E-state index is 12.5. The molecule has 0 N–H and O–H groups in total. The number of fused-ring (bicyclic) bond motifs is 1. The fourth-order valence-corrected chi connectivity index (χ4v) is 4.34. The molecule has 0 atom stereocenters. The zero-order valence-corrected chi connectivity index (χ0v) is 13.5. The Hall–Kier alpha value is -1.46. The highest BCUT2D eigenvalue weighted by atomic mass is 16.2. The zero-order chi connectivity index (χ0) is 15.3. The van der Waals surface area contributed by atoms with E-state index >= 15 is 0 Å². The fourth-order valence-electron chi connectivity index (χ4n) is 4.34. The zero-order valence-electron chi connectivity index (χ0n) is 13.5. The summed E-state index contributed by atoms with van der Waals surface area (Å²) in [7, 11) is 2.17. The largest absolute Gasteiger partial charge is 0.337 e. The monoisotopic (exact) mass is 300 g/mol. The van der Waals surface area contributed by atoms with E-state index in [-0.39, 0.29) is 5.91 Å². The molecule has 4 rings (SSSR count). The molecule has 0 aromatic carbocycles. The first-order valence-corrected chi connectivity index (χ1v) is 8.17. The minimum Gasteiger partial charge on any atom is -0.337 e. The topological polar surface area (TPSA) is 39.7 Å². The fraction of sp³-hybridized carbons (Fsp3) is 0.647. The first kappa shape index (κ1) is 14.2. The van der Waals surface area contributed by atoms with Gasteiger partial charge in [0.2, 0.25) is 5.91 Å². The van der Waals surface area contributed by atoms with Gasteiger partial charge in [-0.1, -0.05) is 6.07 Å². The van der Waals surface area contributed by atoms with Crippen LogP contribution >= 0.6 is 0 Å². The molecule has 3 aliphatic heterocycles. The van der Waals surface area contributed by atoms with Crippen molar-refractivity contribution in [3.8, 4) is 0 Å². The summed E-state index contributed by atoms with van der Waals surface area (Å²) in [6, 6.07) is 4.17. The van der Waals surface area contributed by atoms with Crippen LogP contribution in [0.5, 0.6) is 0 Å². The average molecular weight is 300 g/mol. The van der Waals surface area contributed by atoms with Crippen molar-refractivity contribution in [3.05, 3.63) is 29.1 Å². The molecule has 4 heterocycles. The standard InChI is InChI=1S/C17H24N4O/c1-13-3-4-14-7-21(6-5-15(14)18-13)16(22)8-20-11-17(12-20)9-19(2)10-17/h3-4H,5-12H2,1-2H3. The Balaban J connectivity index is 1.32. The van der Waals surface area contributed by atoms with E-state index in [2.05, 4.69) is 27.9 Å². The number of nitrogens with zero attached hydrogens (tertiary/aromatic N) is 4. The van der Waals surface area contributed by atoms with Crippen LogP contribution in [0.25, 0.3) is 0 Å². The summed E-state index contributed by atoms with van der Waals surface area (Å²) in [5, 5.41) is 0. The molecule has 22 heavy (non-hydrogen) atoms. The molecule has 5 nitrogen and oxygen atoms in total. The summed E-state index contributed by atoms with van der Waals surface area (Å²) < 4.78 is 0. The van der Waals surface area contributed by atoms with Gasteiger partial charge in [0.25, 0.3) is 0 Å². The number of amides is 1. The van der Waals surface area contributed by atoms with E-state index in [4.69, 9.17) is 0 Å². The second-order valence-corrected chi connectivity index (χ2v) is 7.44. The summed E-state index contributed by atoms with van der Waals surface area (Å²) in [5.74, 6) is 0.272. The van der Waals surface area contributed by atoms with E-state index in [0.29, 0.717) is 12.0 Å². The van der Waals surface area contributed by atoms with Crippen LogP contribution in [0.2, 0.25) is 0 Å². The van der Waals surface area contributed by atoms with Crippen LogP contribution in [0.3, 0.4) is 0 Å². The van der Waals surface area contributed by atoms with Crippen molar-refractivity contribution in [3.63, 3.8) is 0 Å². The Bertz CT molecular complexity index is 601. The third kappa shape index (κ3) is 2.42. The number of hydrogen-bond acceptors (Lipinski definition) is 4. The normalized spacial score (nSPS) is 23.8. The summed E-state index contributed by atoms with van der Waals surface area (Å²) in [6.07, 6.45) is 0.886.